The van der Waals surface area contributed by atoms with E-state index in [0.29, 0.717) is 0 Å². The molecular formula is C16H23N3OS. The van der Waals surface area contributed by atoms with Gasteiger partial charge in [0.1, 0.15) is 5.01 Å². The monoisotopic (exact) mass is 305 g/mol. The molecule has 2 aromatic heterocycles. The van der Waals surface area contributed by atoms with Crippen molar-refractivity contribution < 1.29 is 4.74 Å². The van der Waals surface area contributed by atoms with Gasteiger partial charge in [-0.25, -0.2) is 4.98 Å². The topological polar surface area (TPSA) is 47.0 Å². The van der Waals surface area contributed by atoms with Crippen molar-refractivity contribution in [2.24, 2.45) is 0 Å². The van der Waals surface area contributed by atoms with E-state index in [4.69, 9.17) is 4.74 Å². The second-order valence-electron chi connectivity index (χ2n) is 4.86. The van der Waals surface area contributed by atoms with Crippen molar-refractivity contribution in [2.75, 3.05) is 19.8 Å². The van der Waals surface area contributed by atoms with Crippen LogP contribution in [0.5, 0.6) is 0 Å². The Hall–Kier alpha value is -1.30. The third-order valence-electron chi connectivity index (χ3n) is 3.03. The van der Waals surface area contributed by atoms with Crippen LogP contribution in [0.1, 0.15) is 31.9 Å². The minimum absolute atomic E-state index is 0.804. The average molecular weight is 305 g/mol. The predicted molar refractivity (Wildman–Crippen MR) is 87.4 cm³/mol. The summed E-state index contributed by atoms with van der Waals surface area (Å²) in [5, 5.41) is 6.47. The second kappa shape index (κ2) is 9.60. The van der Waals surface area contributed by atoms with Crippen LogP contribution in [0.4, 0.5) is 0 Å². The van der Waals surface area contributed by atoms with E-state index in [1.54, 1.807) is 17.5 Å². The van der Waals surface area contributed by atoms with Crippen LogP contribution in [0.3, 0.4) is 0 Å². The minimum Gasteiger partial charge on any atom is -0.381 e. The number of hydrogen-bond acceptors (Lipinski definition) is 5. The first-order valence-corrected chi connectivity index (χ1v) is 8.42. The summed E-state index contributed by atoms with van der Waals surface area (Å²) < 4.78 is 5.53. The third kappa shape index (κ3) is 5.91. The van der Waals surface area contributed by atoms with Gasteiger partial charge in [0.15, 0.2) is 0 Å². The van der Waals surface area contributed by atoms with Gasteiger partial charge in [0.2, 0.25) is 0 Å². The Bertz CT molecular complexity index is 501. The molecule has 1 N–H and O–H groups in total. The molecule has 0 amide bonds. The number of nitrogens with one attached hydrogen (secondary N) is 1. The van der Waals surface area contributed by atoms with E-state index < -0.39 is 0 Å². The molecule has 0 spiro atoms. The molecule has 4 nitrogen and oxygen atoms in total. The zero-order valence-corrected chi connectivity index (χ0v) is 13.4. The van der Waals surface area contributed by atoms with E-state index in [0.717, 1.165) is 55.5 Å². The maximum Gasteiger partial charge on any atom is 0.142 e. The molecule has 5 heteroatoms. The minimum atomic E-state index is 0.804. The quantitative estimate of drug-likeness (QED) is 0.682. The summed E-state index contributed by atoms with van der Waals surface area (Å²) in [6, 6.07) is 5.89. The fraction of sp³-hybridized carbons (Fsp3) is 0.500. The molecule has 0 aromatic carbocycles. The standard InChI is InChI=1S/C16H23N3OS/c1-2-3-10-20-11-6-8-17-12-14-13-21-16(19-14)15-7-4-5-9-18-15/h4-5,7,9,13,17H,2-3,6,8,10-12H2,1H3. The fourth-order valence-corrected chi connectivity index (χ4v) is 2.65. The summed E-state index contributed by atoms with van der Waals surface area (Å²) in [5.41, 5.74) is 2.02. The van der Waals surface area contributed by atoms with Gasteiger partial charge in [-0.1, -0.05) is 19.4 Å². The van der Waals surface area contributed by atoms with E-state index in [1.165, 1.54) is 6.42 Å². The van der Waals surface area contributed by atoms with Gasteiger partial charge in [0.25, 0.3) is 0 Å². The maximum absolute atomic E-state index is 5.53. The van der Waals surface area contributed by atoms with Crippen LogP contribution >= 0.6 is 11.3 Å². The van der Waals surface area contributed by atoms with Crippen LogP contribution in [-0.4, -0.2) is 29.7 Å². The Kier molecular flexibility index (Phi) is 7.35. The van der Waals surface area contributed by atoms with Gasteiger partial charge in [-0.05, 0) is 31.5 Å². The number of nitrogens with zero attached hydrogens (tertiary/aromatic N) is 2. The van der Waals surface area contributed by atoms with Gasteiger partial charge in [-0.2, -0.15) is 0 Å². The molecule has 114 valence electrons. The van der Waals surface area contributed by atoms with Gasteiger partial charge < -0.3 is 10.1 Å². The Labute approximate surface area is 130 Å². The zero-order valence-electron chi connectivity index (χ0n) is 12.5. The molecule has 0 aliphatic carbocycles. The van der Waals surface area contributed by atoms with Crippen LogP contribution in [0.2, 0.25) is 0 Å². The molecule has 0 aliphatic heterocycles. The number of aromatic nitrogens is 2. The average Bonchev–Trinajstić information content (AvgIpc) is 3.00. The van der Waals surface area contributed by atoms with Crippen molar-refractivity contribution in [3.05, 3.63) is 35.5 Å². The SMILES string of the molecule is CCCCOCCCNCc1csc(-c2ccccn2)n1. The Morgan fingerprint density at radius 2 is 2.14 bits per heavy atom. The molecule has 0 saturated carbocycles. The summed E-state index contributed by atoms with van der Waals surface area (Å²) in [6.07, 6.45) is 5.19. The first-order valence-electron chi connectivity index (χ1n) is 7.54. The van der Waals surface area contributed by atoms with Crippen LogP contribution in [0.15, 0.2) is 29.8 Å². The Morgan fingerprint density at radius 3 is 2.95 bits per heavy atom. The Morgan fingerprint density at radius 1 is 1.24 bits per heavy atom. The molecule has 2 aromatic rings. The van der Waals surface area contributed by atoms with Gasteiger partial charge in [-0.3, -0.25) is 4.98 Å². The lowest BCUT2D eigenvalue weighted by Gasteiger charge is -2.04. The normalized spacial score (nSPS) is 10.9. The Balaban J connectivity index is 1.63. The molecule has 0 saturated heterocycles. The zero-order chi connectivity index (χ0) is 14.8. The summed E-state index contributed by atoms with van der Waals surface area (Å²) in [4.78, 5) is 8.92. The van der Waals surface area contributed by atoms with Crippen molar-refractivity contribution in [2.45, 2.75) is 32.7 Å². The summed E-state index contributed by atoms with van der Waals surface area (Å²) in [5.74, 6) is 0. The highest BCUT2D eigenvalue weighted by atomic mass is 32.1. The second-order valence-corrected chi connectivity index (χ2v) is 5.71. The smallest absolute Gasteiger partial charge is 0.142 e. The number of ether oxygens (including phenoxy) is 1. The molecule has 21 heavy (non-hydrogen) atoms. The lowest BCUT2D eigenvalue weighted by atomic mass is 10.3. The van der Waals surface area contributed by atoms with Crippen molar-refractivity contribution in [3.63, 3.8) is 0 Å². The van der Waals surface area contributed by atoms with E-state index >= 15 is 0 Å². The van der Waals surface area contributed by atoms with Gasteiger partial charge in [0, 0.05) is 31.3 Å². The van der Waals surface area contributed by atoms with E-state index in [-0.39, 0.29) is 0 Å². The molecule has 2 heterocycles. The summed E-state index contributed by atoms with van der Waals surface area (Å²) >= 11 is 1.64. The van der Waals surface area contributed by atoms with E-state index in [1.807, 2.05) is 18.2 Å². The van der Waals surface area contributed by atoms with Gasteiger partial charge >= 0.3 is 0 Å². The molecule has 2 rings (SSSR count). The largest absolute Gasteiger partial charge is 0.381 e. The molecule has 0 fully saturated rings. The lowest BCUT2D eigenvalue weighted by Crippen LogP contribution is -2.16. The number of thiazole rings is 1. The van der Waals surface area contributed by atoms with Gasteiger partial charge in [-0.15, -0.1) is 11.3 Å². The summed E-state index contributed by atoms with van der Waals surface area (Å²) in [7, 11) is 0. The molecule has 0 aliphatic rings. The van der Waals surface area contributed by atoms with Crippen LogP contribution in [0, 0.1) is 0 Å². The molecule has 0 bridgehead atoms. The number of rotatable bonds is 10. The predicted octanol–water partition coefficient (Wildman–Crippen LogP) is 3.50. The van der Waals surface area contributed by atoms with Crippen molar-refractivity contribution >= 4 is 11.3 Å². The molecule has 0 radical (unpaired) electrons. The van der Waals surface area contributed by atoms with Crippen molar-refractivity contribution in [1.29, 1.82) is 0 Å². The van der Waals surface area contributed by atoms with Crippen molar-refractivity contribution in [3.8, 4) is 10.7 Å². The van der Waals surface area contributed by atoms with Crippen LogP contribution in [-0.2, 0) is 11.3 Å². The first kappa shape index (κ1) is 16.1. The molecular weight excluding hydrogens is 282 g/mol. The molecule has 0 unspecified atom stereocenters. The first-order chi connectivity index (χ1) is 10.4. The molecule has 0 atom stereocenters. The van der Waals surface area contributed by atoms with Gasteiger partial charge in [0.05, 0.1) is 11.4 Å². The van der Waals surface area contributed by atoms with E-state index in [9.17, 15) is 0 Å². The highest BCUT2D eigenvalue weighted by Gasteiger charge is 2.04. The highest BCUT2D eigenvalue weighted by Crippen LogP contribution is 2.20. The number of unbranched alkanes of at least 4 members (excludes halogenated alkanes) is 1. The number of hydrogen-bond donors (Lipinski definition) is 1. The highest BCUT2D eigenvalue weighted by molar-refractivity contribution is 7.13. The van der Waals surface area contributed by atoms with E-state index in [2.05, 4.69) is 27.6 Å². The third-order valence-corrected chi connectivity index (χ3v) is 3.94. The van der Waals surface area contributed by atoms with Crippen LogP contribution < -0.4 is 5.32 Å². The maximum atomic E-state index is 5.53. The number of pyridine rings is 1. The lowest BCUT2D eigenvalue weighted by molar-refractivity contribution is 0.128. The van der Waals surface area contributed by atoms with Crippen LogP contribution in [0.25, 0.3) is 10.7 Å². The fourth-order valence-electron chi connectivity index (χ4n) is 1.86. The summed E-state index contributed by atoms with van der Waals surface area (Å²) in [6.45, 7) is 5.66. The van der Waals surface area contributed by atoms with Crippen molar-refractivity contribution in [1.82, 2.24) is 15.3 Å².